The monoisotopic (exact) mass is 335 g/mol. The summed E-state index contributed by atoms with van der Waals surface area (Å²) in [5.41, 5.74) is 1.41. The second kappa shape index (κ2) is 6.27. The van der Waals surface area contributed by atoms with Gasteiger partial charge in [0.05, 0.1) is 5.56 Å². The fourth-order valence-electron chi connectivity index (χ4n) is 3.81. The van der Waals surface area contributed by atoms with Gasteiger partial charge in [0.25, 0.3) is 0 Å². The SMILES string of the molecule is CC1(C)CCc2sc(NC(=O)C3CCCCC3)c(C(=O)O)c2C1. The Bertz CT molecular complexity index is 626. The summed E-state index contributed by atoms with van der Waals surface area (Å²) in [6, 6.07) is 0. The van der Waals surface area contributed by atoms with Crippen LogP contribution < -0.4 is 5.32 Å². The summed E-state index contributed by atoms with van der Waals surface area (Å²) < 4.78 is 0. The molecule has 0 atom stereocenters. The van der Waals surface area contributed by atoms with Crippen LogP contribution in [0.25, 0.3) is 0 Å². The molecule has 5 heteroatoms. The van der Waals surface area contributed by atoms with Crippen molar-refractivity contribution in [2.75, 3.05) is 5.32 Å². The predicted octanol–water partition coefficient (Wildman–Crippen LogP) is 4.48. The van der Waals surface area contributed by atoms with Crippen molar-refractivity contribution in [3.05, 3.63) is 16.0 Å². The Hall–Kier alpha value is -1.36. The number of aryl methyl sites for hydroxylation is 1. The number of rotatable bonds is 3. The Morgan fingerprint density at radius 1 is 1.22 bits per heavy atom. The molecule has 126 valence electrons. The maximum absolute atomic E-state index is 12.5. The van der Waals surface area contributed by atoms with Crippen molar-refractivity contribution in [1.29, 1.82) is 0 Å². The number of nitrogens with one attached hydrogen (secondary N) is 1. The van der Waals surface area contributed by atoms with E-state index in [0.29, 0.717) is 10.6 Å². The van der Waals surface area contributed by atoms with E-state index in [4.69, 9.17) is 0 Å². The van der Waals surface area contributed by atoms with Gasteiger partial charge in [0.2, 0.25) is 5.91 Å². The van der Waals surface area contributed by atoms with E-state index >= 15 is 0 Å². The third-order valence-corrected chi connectivity index (χ3v) is 6.41. The number of fused-ring (bicyclic) bond motifs is 1. The molecule has 2 N–H and O–H groups in total. The molecule has 1 aromatic heterocycles. The molecule has 1 amide bonds. The third kappa shape index (κ3) is 3.44. The lowest BCUT2D eigenvalue weighted by atomic mass is 9.76. The smallest absolute Gasteiger partial charge is 0.339 e. The quantitative estimate of drug-likeness (QED) is 0.856. The summed E-state index contributed by atoms with van der Waals surface area (Å²) in [7, 11) is 0. The number of carbonyl (C=O) groups is 2. The van der Waals surface area contributed by atoms with Crippen molar-refractivity contribution in [2.45, 2.75) is 65.2 Å². The fourth-order valence-corrected chi connectivity index (χ4v) is 5.03. The molecule has 1 heterocycles. The van der Waals surface area contributed by atoms with Gasteiger partial charge in [0, 0.05) is 10.8 Å². The number of aromatic carboxylic acids is 1. The molecule has 4 nitrogen and oxygen atoms in total. The van der Waals surface area contributed by atoms with E-state index < -0.39 is 5.97 Å². The molecule has 0 spiro atoms. The highest BCUT2D eigenvalue weighted by Gasteiger charge is 2.33. The van der Waals surface area contributed by atoms with E-state index in [1.165, 1.54) is 17.8 Å². The van der Waals surface area contributed by atoms with Gasteiger partial charge in [-0.15, -0.1) is 11.3 Å². The lowest BCUT2D eigenvalue weighted by molar-refractivity contribution is -0.120. The molecule has 0 aliphatic heterocycles. The first kappa shape index (κ1) is 16.5. The van der Waals surface area contributed by atoms with Crippen LogP contribution in [0.5, 0.6) is 0 Å². The molecule has 2 aliphatic rings. The number of hydrogen-bond donors (Lipinski definition) is 2. The first-order chi connectivity index (χ1) is 10.9. The molecule has 0 unspecified atom stereocenters. The molecule has 0 aromatic carbocycles. The fraction of sp³-hybridized carbons (Fsp3) is 0.667. The molecular formula is C18H25NO3S. The Balaban J connectivity index is 1.86. The van der Waals surface area contributed by atoms with Crippen LogP contribution in [0.4, 0.5) is 5.00 Å². The topological polar surface area (TPSA) is 66.4 Å². The van der Waals surface area contributed by atoms with Gasteiger partial charge in [0.15, 0.2) is 0 Å². The first-order valence-electron chi connectivity index (χ1n) is 8.56. The van der Waals surface area contributed by atoms with Gasteiger partial charge in [-0.1, -0.05) is 33.1 Å². The highest BCUT2D eigenvalue weighted by molar-refractivity contribution is 7.17. The van der Waals surface area contributed by atoms with Crippen LogP contribution in [0, 0.1) is 11.3 Å². The average molecular weight is 335 g/mol. The van der Waals surface area contributed by atoms with E-state index in [1.807, 2.05) is 0 Å². The molecule has 3 rings (SSSR count). The summed E-state index contributed by atoms with van der Waals surface area (Å²) in [5.74, 6) is -0.870. The number of amides is 1. The van der Waals surface area contributed by atoms with E-state index in [1.54, 1.807) is 0 Å². The van der Waals surface area contributed by atoms with Crippen LogP contribution in [0.15, 0.2) is 0 Å². The third-order valence-electron chi connectivity index (χ3n) is 5.20. The lowest BCUT2D eigenvalue weighted by Crippen LogP contribution is -2.25. The normalized spacial score (nSPS) is 20.8. The number of hydrogen-bond acceptors (Lipinski definition) is 3. The van der Waals surface area contributed by atoms with Crippen LogP contribution >= 0.6 is 11.3 Å². The van der Waals surface area contributed by atoms with E-state index in [-0.39, 0.29) is 17.2 Å². The summed E-state index contributed by atoms with van der Waals surface area (Å²) in [5, 5.41) is 13.2. The van der Waals surface area contributed by atoms with E-state index in [9.17, 15) is 14.7 Å². The number of anilines is 1. The average Bonchev–Trinajstić information content (AvgIpc) is 2.84. The standard InChI is InChI=1S/C18H25NO3S/c1-18(2)9-8-13-12(10-18)14(17(21)22)16(23-13)19-15(20)11-6-4-3-5-7-11/h11H,3-10H2,1-2H3,(H,19,20)(H,21,22). The molecule has 23 heavy (non-hydrogen) atoms. The minimum absolute atomic E-state index is 0.00468. The summed E-state index contributed by atoms with van der Waals surface area (Å²) >= 11 is 1.47. The highest BCUT2D eigenvalue weighted by Crippen LogP contribution is 2.44. The zero-order chi connectivity index (χ0) is 16.6. The maximum Gasteiger partial charge on any atom is 0.339 e. The first-order valence-corrected chi connectivity index (χ1v) is 9.38. The second-order valence-corrected chi connectivity index (χ2v) is 8.78. The Morgan fingerprint density at radius 3 is 2.57 bits per heavy atom. The van der Waals surface area contributed by atoms with Crippen molar-refractivity contribution in [1.82, 2.24) is 0 Å². The number of carboxylic acids is 1. The van der Waals surface area contributed by atoms with Crippen LogP contribution in [0.3, 0.4) is 0 Å². The Kier molecular flexibility index (Phi) is 4.50. The van der Waals surface area contributed by atoms with E-state index in [2.05, 4.69) is 19.2 Å². The molecule has 0 saturated heterocycles. The molecule has 1 aromatic rings. The summed E-state index contributed by atoms with van der Waals surface area (Å²) in [6.07, 6.45) is 7.99. The predicted molar refractivity (Wildman–Crippen MR) is 92.3 cm³/mol. The summed E-state index contributed by atoms with van der Waals surface area (Å²) in [4.78, 5) is 25.4. The number of carboxylic acid groups (broad SMARTS) is 1. The molecule has 2 aliphatic carbocycles. The zero-order valence-corrected chi connectivity index (χ0v) is 14.7. The van der Waals surface area contributed by atoms with Gasteiger partial charge in [-0.25, -0.2) is 4.79 Å². The van der Waals surface area contributed by atoms with E-state index in [0.717, 1.165) is 55.4 Å². The molecule has 0 radical (unpaired) electrons. The van der Waals surface area contributed by atoms with Gasteiger partial charge in [-0.2, -0.15) is 0 Å². The Labute approximate surface area is 141 Å². The van der Waals surface area contributed by atoms with Crippen LogP contribution in [0.2, 0.25) is 0 Å². The van der Waals surface area contributed by atoms with Crippen molar-refractivity contribution < 1.29 is 14.7 Å². The van der Waals surface area contributed by atoms with Gasteiger partial charge in [-0.3, -0.25) is 4.79 Å². The zero-order valence-electron chi connectivity index (χ0n) is 13.9. The number of thiophene rings is 1. The molecule has 0 bridgehead atoms. The van der Waals surface area contributed by atoms with Gasteiger partial charge in [-0.05, 0) is 43.1 Å². The van der Waals surface area contributed by atoms with Gasteiger partial charge >= 0.3 is 5.97 Å². The van der Waals surface area contributed by atoms with Crippen molar-refractivity contribution in [2.24, 2.45) is 11.3 Å². The molecular weight excluding hydrogens is 310 g/mol. The van der Waals surface area contributed by atoms with Crippen LogP contribution in [0.1, 0.15) is 73.2 Å². The van der Waals surface area contributed by atoms with Crippen molar-refractivity contribution >= 4 is 28.2 Å². The van der Waals surface area contributed by atoms with Gasteiger partial charge < -0.3 is 10.4 Å². The summed E-state index contributed by atoms with van der Waals surface area (Å²) in [6.45, 7) is 4.36. The lowest BCUT2D eigenvalue weighted by Gasteiger charge is -2.29. The number of carbonyl (C=O) groups excluding carboxylic acids is 1. The van der Waals surface area contributed by atoms with Crippen molar-refractivity contribution in [3.8, 4) is 0 Å². The largest absolute Gasteiger partial charge is 0.478 e. The Morgan fingerprint density at radius 2 is 1.91 bits per heavy atom. The van der Waals surface area contributed by atoms with Crippen LogP contribution in [-0.2, 0) is 17.6 Å². The minimum atomic E-state index is -0.917. The second-order valence-electron chi connectivity index (χ2n) is 7.68. The van der Waals surface area contributed by atoms with Crippen LogP contribution in [-0.4, -0.2) is 17.0 Å². The molecule has 1 fully saturated rings. The maximum atomic E-state index is 12.5. The van der Waals surface area contributed by atoms with Gasteiger partial charge in [0.1, 0.15) is 5.00 Å². The molecule has 1 saturated carbocycles. The highest BCUT2D eigenvalue weighted by atomic mass is 32.1. The minimum Gasteiger partial charge on any atom is -0.478 e. The van der Waals surface area contributed by atoms with Crippen molar-refractivity contribution in [3.63, 3.8) is 0 Å².